The van der Waals surface area contributed by atoms with Gasteiger partial charge >= 0.3 is 0 Å². The molecule has 32 heavy (non-hydrogen) atoms. The lowest BCUT2D eigenvalue weighted by Gasteiger charge is -2.13. The Hall–Kier alpha value is -4.34. The number of aromatic amines is 1. The first-order chi connectivity index (χ1) is 15.5. The zero-order chi connectivity index (χ0) is 22.2. The summed E-state index contributed by atoms with van der Waals surface area (Å²) in [5.41, 5.74) is 4.55. The van der Waals surface area contributed by atoms with Crippen molar-refractivity contribution >= 4 is 11.0 Å². The highest BCUT2D eigenvalue weighted by atomic mass is 16.3. The van der Waals surface area contributed by atoms with Crippen LogP contribution in [0.15, 0.2) is 48.5 Å². The van der Waals surface area contributed by atoms with E-state index in [2.05, 4.69) is 35.8 Å². The Bertz CT molecular complexity index is 1390. The second-order valence-electron chi connectivity index (χ2n) is 7.75. The van der Waals surface area contributed by atoms with Gasteiger partial charge in [0.15, 0.2) is 11.3 Å². The molecule has 2 aromatic carbocycles. The van der Waals surface area contributed by atoms with Crippen LogP contribution in [0.2, 0.25) is 0 Å². The van der Waals surface area contributed by atoms with Crippen molar-refractivity contribution in [3.63, 3.8) is 0 Å². The number of nitrogens with zero attached hydrogens (tertiary/aromatic N) is 7. The van der Waals surface area contributed by atoms with Crippen LogP contribution in [0.5, 0.6) is 11.8 Å². The van der Waals surface area contributed by atoms with Gasteiger partial charge in [-0.25, -0.2) is 10.1 Å². The lowest BCUT2D eigenvalue weighted by atomic mass is 9.98. The van der Waals surface area contributed by atoms with Crippen LogP contribution in [0, 0.1) is 0 Å². The second-order valence-corrected chi connectivity index (χ2v) is 7.75. The number of aromatic hydroxyl groups is 2. The van der Waals surface area contributed by atoms with Crippen molar-refractivity contribution in [1.82, 2.24) is 40.4 Å². The van der Waals surface area contributed by atoms with Gasteiger partial charge in [0.1, 0.15) is 11.3 Å². The maximum absolute atomic E-state index is 10.3. The fourth-order valence-corrected chi connectivity index (χ4v) is 3.83. The Labute approximate surface area is 182 Å². The minimum atomic E-state index is -0.299. The van der Waals surface area contributed by atoms with E-state index in [1.54, 1.807) is 0 Å². The molecule has 0 aliphatic rings. The molecule has 0 spiro atoms. The van der Waals surface area contributed by atoms with Crippen LogP contribution in [0.3, 0.4) is 0 Å². The van der Waals surface area contributed by atoms with Gasteiger partial charge in [-0.3, -0.25) is 0 Å². The molecule has 0 aliphatic heterocycles. The van der Waals surface area contributed by atoms with Crippen molar-refractivity contribution in [2.45, 2.75) is 26.3 Å². The number of H-pyrrole nitrogens is 1. The summed E-state index contributed by atoms with van der Waals surface area (Å²) in [5, 5.41) is 41.8. The van der Waals surface area contributed by atoms with E-state index in [1.165, 1.54) is 0 Å². The number of nitrogens with one attached hydrogen (secondary N) is 1. The smallest absolute Gasteiger partial charge is 0.259 e. The first-order valence-corrected chi connectivity index (χ1v) is 10.1. The summed E-state index contributed by atoms with van der Waals surface area (Å²) >= 11 is 0. The molecule has 0 amide bonds. The summed E-state index contributed by atoms with van der Waals surface area (Å²) < 4.78 is 1.87. The van der Waals surface area contributed by atoms with Crippen LogP contribution in [-0.2, 0) is 6.54 Å². The summed E-state index contributed by atoms with van der Waals surface area (Å²) in [7, 11) is 0. The normalized spacial score (nSPS) is 11.5. The molecular weight excluding hydrogens is 408 g/mol. The summed E-state index contributed by atoms with van der Waals surface area (Å²) in [5.74, 6) is 0.846. The topological polar surface area (TPSA) is 139 Å². The van der Waals surface area contributed by atoms with Gasteiger partial charge < -0.3 is 14.8 Å². The minimum absolute atomic E-state index is 0.0721. The second kappa shape index (κ2) is 7.73. The zero-order valence-electron chi connectivity index (χ0n) is 17.4. The SMILES string of the molecule is CC(C)c1nc2c(O)nnc(O)c2n1Cc1ccc(-c2ccccc2-c2nnn[nH]2)cc1. The molecular formula is C22H20N8O2. The number of tetrazole rings is 1. The average Bonchev–Trinajstić information content (AvgIpc) is 3.46. The molecule has 5 aromatic rings. The number of benzene rings is 2. The number of imidazole rings is 1. The van der Waals surface area contributed by atoms with Gasteiger partial charge in [0.25, 0.3) is 11.8 Å². The van der Waals surface area contributed by atoms with E-state index in [0.29, 0.717) is 17.9 Å². The van der Waals surface area contributed by atoms with Crippen LogP contribution in [0.1, 0.15) is 31.2 Å². The summed E-state index contributed by atoms with van der Waals surface area (Å²) in [4.78, 5) is 4.50. The molecule has 5 rings (SSSR count). The first kappa shape index (κ1) is 19.6. The van der Waals surface area contributed by atoms with E-state index in [0.717, 1.165) is 28.1 Å². The van der Waals surface area contributed by atoms with Gasteiger partial charge in [0, 0.05) is 18.0 Å². The lowest BCUT2D eigenvalue weighted by molar-refractivity contribution is 0.421. The fourth-order valence-electron chi connectivity index (χ4n) is 3.83. The predicted molar refractivity (Wildman–Crippen MR) is 117 cm³/mol. The molecule has 160 valence electrons. The molecule has 3 aromatic heterocycles. The van der Waals surface area contributed by atoms with E-state index < -0.39 is 0 Å². The largest absolute Gasteiger partial charge is 0.491 e. The minimum Gasteiger partial charge on any atom is -0.491 e. The van der Waals surface area contributed by atoms with Gasteiger partial charge in [-0.2, -0.15) is 0 Å². The molecule has 0 aliphatic carbocycles. The van der Waals surface area contributed by atoms with Crippen molar-refractivity contribution in [3.8, 4) is 34.3 Å². The molecule has 0 atom stereocenters. The molecule has 10 nitrogen and oxygen atoms in total. The Kier molecular flexibility index (Phi) is 4.74. The zero-order valence-corrected chi connectivity index (χ0v) is 17.4. The summed E-state index contributed by atoms with van der Waals surface area (Å²) in [6.07, 6.45) is 0. The predicted octanol–water partition coefficient (Wildman–Crippen LogP) is 3.26. The Morgan fingerprint density at radius 1 is 0.906 bits per heavy atom. The van der Waals surface area contributed by atoms with E-state index in [1.807, 2.05) is 66.9 Å². The highest BCUT2D eigenvalue weighted by Gasteiger charge is 2.21. The molecule has 0 fully saturated rings. The Morgan fingerprint density at radius 2 is 1.62 bits per heavy atom. The standard InChI is InChI=1S/C22H20N8O2/c1-12(2)20-23-17-18(22(32)27-26-21(17)31)30(20)11-13-7-9-14(10-8-13)15-5-3-4-6-16(15)19-24-28-29-25-19/h3-10,12H,11H2,1-2H3,(H,26,31)(H,27,32)(H,24,25,28,29). The van der Waals surface area contributed by atoms with Crippen molar-refractivity contribution in [1.29, 1.82) is 0 Å². The van der Waals surface area contributed by atoms with Crippen LogP contribution in [0.4, 0.5) is 0 Å². The molecule has 0 unspecified atom stereocenters. The molecule has 10 heteroatoms. The van der Waals surface area contributed by atoms with Crippen molar-refractivity contribution in [2.75, 3.05) is 0 Å². The third kappa shape index (κ3) is 3.31. The van der Waals surface area contributed by atoms with Crippen molar-refractivity contribution in [3.05, 3.63) is 59.9 Å². The fraction of sp³-hybridized carbons (Fsp3) is 0.182. The monoisotopic (exact) mass is 428 g/mol. The summed E-state index contributed by atoms with van der Waals surface area (Å²) in [6, 6.07) is 16.0. The maximum atomic E-state index is 10.3. The van der Waals surface area contributed by atoms with Crippen LogP contribution < -0.4 is 0 Å². The third-order valence-corrected chi connectivity index (χ3v) is 5.31. The number of fused-ring (bicyclic) bond motifs is 1. The molecule has 0 saturated carbocycles. The van der Waals surface area contributed by atoms with Crippen LogP contribution in [-0.4, -0.2) is 50.6 Å². The third-order valence-electron chi connectivity index (χ3n) is 5.31. The highest BCUT2D eigenvalue weighted by molar-refractivity contribution is 5.84. The molecule has 0 saturated heterocycles. The van der Waals surface area contributed by atoms with Gasteiger partial charge in [0.05, 0.1) is 0 Å². The van der Waals surface area contributed by atoms with Gasteiger partial charge in [0.2, 0.25) is 0 Å². The molecule has 3 N–H and O–H groups in total. The number of rotatable bonds is 5. The highest BCUT2D eigenvalue weighted by Crippen LogP contribution is 2.33. The van der Waals surface area contributed by atoms with Crippen LogP contribution in [0.25, 0.3) is 33.5 Å². The van der Waals surface area contributed by atoms with E-state index in [4.69, 9.17) is 0 Å². The van der Waals surface area contributed by atoms with Crippen molar-refractivity contribution in [2.24, 2.45) is 0 Å². The molecule has 0 bridgehead atoms. The van der Waals surface area contributed by atoms with E-state index in [9.17, 15) is 10.2 Å². The lowest BCUT2D eigenvalue weighted by Crippen LogP contribution is -2.07. The van der Waals surface area contributed by atoms with E-state index >= 15 is 0 Å². The Morgan fingerprint density at radius 3 is 2.31 bits per heavy atom. The van der Waals surface area contributed by atoms with Gasteiger partial charge in [-0.1, -0.05) is 62.4 Å². The van der Waals surface area contributed by atoms with Crippen LogP contribution >= 0.6 is 0 Å². The average molecular weight is 428 g/mol. The molecule has 0 radical (unpaired) electrons. The Balaban J connectivity index is 1.53. The number of aromatic nitrogens is 8. The first-order valence-electron chi connectivity index (χ1n) is 10.1. The van der Waals surface area contributed by atoms with Gasteiger partial charge in [-0.15, -0.1) is 15.3 Å². The quantitative estimate of drug-likeness (QED) is 0.388. The van der Waals surface area contributed by atoms with Gasteiger partial charge in [-0.05, 0) is 27.1 Å². The maximum Gasteiger partial charge on any atom is 0.259 e. The number of hydrogen-bond acceptors (Lipinski definition) is 8. The summed E-state index contributed by atoms with van der Waals surface area (Å²) in [6.45, 7) is 4.47. The van der Waals surface area contributed by atoms with Crippen molar-refractivity contribution < 1.29 is 10.2 Å². The van der Waals surface area contributed by atoms with E-state index in [-0.39, 0.29) is 23.2 Å². The number of hydrogen-bond donors (Lipinski definition) is 3. The molecule has 3 heterocycles.